The molecule has 2 fully saturated rings. The Kier molecular flexibility index (Phi) is 3.22. The first-order chi connectivity index (χ1) is 8.81. The summed E-state index contributed by atoms with van der Waals surface area (Å²) in [6.07, 6.45) is 5.96. The molecule has 0 amide bonds. The standard InChI is InChI=1S/C12H17N3O2S/c1-2-3-6-16-10-11(15-18-14-10)17-12-5-4-9(7-12)8-13-12/h2,9,13H,1,3-8H2. The van der Waals surface area contributed by atoms with E-state index in [-0.39, 0.29) is 5.72 Å². The Morgan fingerprint density at radius 2 is 2.39 bits per heavy atom. The summed E-state index contributed by atoms with van der Waals surface area (Å²) in [5.74, 6) is 1.79. The predicted octanol–water partition coefficient (Wildman–Crippen LogP) is 1.97. The molecule has 1 aromatic heterocycles. The van der Waals surface area contributed by atoms with Crippen LogP contribution in [0.4, 0.5) is 0 Å². The van der Waals surface area contributed by atoms with Crippen LogP contribution >= 0.6 is 11.7 Å². The second-order valence-corrected chi connectivity index (χ2v) is 5.41. The molecule has 1 aromatic rings. The van der Waals surface area contributed by atoms with Gasteiger partial charge in [0.2, 0.25) is 0 Å². The van der Waals surface area contributed by atoms with E-state index in [1.165, 1.54) is 6.42 Å². The normalized spacial score (nSPS) is 29.4. The van der Waals surface area contributed by atoms with Crippen LogP contribution in [-0.2, 0) is 0 Å². The van der Waals surface area contributed by atoms with Crippen molar-refractivity contribution in [1.82, 2.24) is 14.1 Å². The summed E-state index contributed by atoms with van der Waals surface area (Å²) in [6, 6.07) is 0. The summed E-state index contributed by atoms with van der Waals surface area (Å²) in [7, 11) is 0. The molecule has 1 aliphatic heterocycles. The second kappa shape index (κ2) is 4.85. The van der Waals surface area contributed by atoms with E-state index in [1.54, 1.807) is 0 Å². The van der Waals surface area contributed by atoms with Gasteiger partial charge in [-0.05, 0) is 18.8 Å². The minimum Gasteiger partial charge on any atom is -0.473 e. The number of nitrogens with one attached hydrogen (secondary N) is 1. The Balaban J connectivity index is 1.65. The minimum absolute atomic E-state index is 0.225. The summed E-state index contributed by atoms with van der Waals surface area (Å²) in [6.45, 7) is 5.27. The number of hydrogen-bond acceptors (Lipinski definition) is 6. The van der Waals surface area contributed by atoms with Gasteiger partial charge in [-0.1, -0.05) is 6.08 Å². The highest BCUT2D eigenvalue weighted by molar-refractivity contribution is 6.99. The number of piperidine rings is 1. The van der Waals surface area contributed by atoms with Crippen molar-refractivity contribution in [2.24, 2.45) is 5.92 Å². The van der Waals surface area contributed by atoms with Crippen LogP contribution in [0.5, 0.6) is 11.8 Å². The van der Waals surface area contributed by atoms with Gasteiger partial charge < -0.3 is 9.47 Å². The van der Waals surface area contributed by atoms with E-state index < -0.39 is 0 Å². The molecule has 98 valence electrons. The fraction of sp³-hybridized carbons (Fsp3) is 0.667. The molecule has 2 unspecified atom stereocenters. The number of rotatable bonds is 6. The zero-order valence-electron chi connectivity index (χ0n) is 10.2. The fourth-order valence-corrected chi connectivity index (χ4v) is 3.08. The molecule has 2 atom stereocenters. The SMILES string of the molecule is C=CCCOc1nsnc1OC12CCC(CN1)C2. The molecule has 6 heteroatoms. The van der Waals surface area contributed by atoms with Gasteiger partial charge in [0, 0.05) is 19.4 Å². The van der Waals surface area contributed by atoms with Gasteiger partial charge in [0.25, 0.3) is 11.8 Å². The van der Waals surface area contributed by atoms with Gasteiger partial charge in [-0.25, -0.2) is 0 Å². The summed E-state index contributed by atoms with van der Waals surface area (Å²) in [5.41, 5.74) is -0.225. The number of aromatic nitrogens is 2. The van der Waals surface area contributed by atoms with Crippen LogP contribution in [0.15, 0.2) is 12.7 Å². The van der Waals surface area contributed by atoms with Crippen molar-refractivity contribution in [2.75, 3.05) is 13.2 Å². The van der Waals surface area contributed by atoms with Gasteiger partial charge in [-0.3, -0.25) is 5.32 Å². The second-order valence-electron chi connectivity index (χ2n) is 4.89. The molecule has 5 nitrogen and oxygen atoms in total. The predicted molar refractivity (Wildman–Crippen MR) is 68.9 cm³/mol. The van der Waals surface area contributed by atoms with E-state index in [0.29, 0.717) is 18.4 Å². The molecule has 1 aliphatic carbocycles. The highest BCUT2D eigenvalue weighted by atomic mass is 32.1. The van der Waals surface area contributed by atoms with Gasteiger partial charge in [0.05, 0.1) is 18.3 Å². The van der Waals surface area contributed by atoms with Crippen molar-refractivity contribution in [1.29, 1.82) is 0 Å². The first kappa shape index (κ1) is 11.9. The largest absolute Gasteiger partial charge is 0.473 e. The number of nitrogens with zero attached hydrogens (tertiary/aromatic N) is 2. The average Bonchev–Trinajstić information content (AvgIpc) is 3.06. The van der Waals surface area contributed by atoms with Crippen molar-refractivity contribution in [3.8, 4) is 11.8 Å². The number of hydrogen-bond donors (Lipinski definition) is 1. The Bertz CT molecular complexity index is 427. The lowest BCUT2D eigenvalue weighted by Crippen LogP contribution is -2.45. The van der Waals surface area contributed by atoms with Crippen molar-refractivity contribution in [3.05, 3.63) is 12.7 Å². The van der Waals surface area contributed by atoms with Gasteiger partial charge in [-0.2, -0.15) is 0 Å². The van der Waals surface area contributed by atoms with Crippen LogP contribution in [0.3, 0.4) is 0 Å². The Hall–Kier alpha value is -1.14. The third-order valence-electron chi connectivity index (χ3n) is 3.57. The topological polar surface area (TPSA) is 56.3 Å². The first-order valence-corrected chi connectivity index (χ1v) is 7.05. The average molecular weight is 267 g/mol. The van der Waals surface area contributed by atoms with Gasteiger partial charge in [0.15, 0.2) is 5.72 Å². The van der Waals surface area contributed by atoms with Crippen LogP contribution in [-0.4, -0.2) is 27.6 Å². The molecule has 18 heavy (non-hydrogen) atoms. The molecule has 0 aromatic carbocycles. The Labute approximate surface area is 111 Å². The molecule has 0 spiro atoms. The zero-order valence-corrected chi connectivity index (χ0v) is 11.0. The van der Waals surface area contributed by atoms with Crippen molar-refractivity contribution < 1.29 is 9.47 Å². The van der Waals surface area contributed by atoms with Crippen molar-refractivity contribution in [2.45, 2.75) is 31.4 Å². The monoisotopic (exact) mass is 267 g/mol. The van der Waals surface area contributed by atoms with Gasteiger partial charge in [0.1, 0.15) is 0 Å². The lowest BCUT2D eigenvalue weighted by Gasteiger charge is -2.27. The summed E-state index contributed by atoms with van der Waals surface area (Å²) >= 11 is 1.13. The Morgan fingerprint density at radius 3 is 3.06 bits per heavy atom. The van der Waals surface area contributed by atoms with E-state index in [4.69, 9.17) is 9.47 Å². The van der Waals surface area contributed by atoms with Crippen LogP contribution in [0.1, 0.15) is 25.7 Å². The van der Waals surface area contributed by atoms with Crippen LogP contribution in [0.2, 0.25) is 0 Å². The van der Waals surface area contributed by atoms with E-state index in [0.717, 1.165) is 43.5 Å². The molecular formula is C12H17N3O2S. The minimum atomic E-state index is -0.225. The van der Waals surface area contributed by atoms with Gasteiger partial charge in [-0.15, -0.1) is 15.3 Å². The summed E-state index contributed by atoms with van der Waals surface area (Å²) in [5, 5.41) is 3.45. The molecule has 2 heterocycles. The molecular weight excluding hydrogens is 250 g/mol. The molecule has 2 bridgehead atoms. The maximum atomic E-state index is 6.03. The third kappa shape index (κ3) is 2.22. The van der Waals surface area contributed by atoms with Crippen LogP contribution in [0.25, 0.3) is 0 Å². The highest BCUT2D eigenvalue weighted by Crippen LogP contribution is 2.42. The van der Waals surface area contributed by atoms with Crippen LogP contribution < -0.4 is 14.8 Å². The Morgan fingerprint density at radius 1 is 1.50 bits per heavy atom. The third-order valence-corrected chi connectivity index (χ3v) is 4.07. The van der Waals surface area contributed by atoms with E-state index in [9.17, 15) is 0 Å². The molecule has 1 saturated carbocycles. The summed E-state index contributed by atoms with van der Waals surface area (Å²) in [4.78, 5) is 0. The van der Waals surface area contributed by atoms with Crippen molar-refractivity contribution in [3.63, 3.8) is 0 Å². The fourth-order valence-electron chi connectivity index (χ4n) is 2.65. The molecule has 3 rings (SSSR count). The zero-order chi connectivity index (χ0) is 12.4. The molecule has 1 saturated heterocycles. The lowest BCUT2D eigenvalue weighted by molar-refractivity contribution is 0.0478. The van der Waals surface area contributed by atoms with E-state index >= 15 is 0 Å². The van der Waals surface area contributed by atoms with Gasteiger partial charge >= 0.3 is 0 Å². The van der Waals surface area contributed by atoms with Crippen molar-refractivity contribution >= 4 is 11.7 Å². The van der Waals surface area contributed by atoms with Crippen LogP contribution in [0, 0.1) is 5.92 Å². The maximum absolute atomic E-state index is 6.03. The molecule has 0 radical (unpaired) electrons. The lowest BCUT2D eigenvalue weighted by atomic mass is 10.1. The first-order valence-electron chi connectivity index (χ1n) is 6.32. The quantitative estimate of drug-likeness (QED) is 0.631. The molecule has 1 N–H and O–H groups in total. The van der Waals surface area contributed by atoms with E-state index in [2.05, 4.69) is 20.6 Å². The number of fused-ring (bicyclic) bond motifs is 2. The maximum Gasteiger partial charge on any atom is 0.292 e. The summed E-state index contributed by atoms with van der Waals surface area (Å²) < 4.78 is 19.9. The van der Waals surface area contributed by atoms with E-state index in [1.807, 2.05) is 6.08 Å². The molecule has 2 aliphatic rings. The smallest absolute Gasteiger partial charge is 0.292 e. The number of ether oxygens (including phenoxy) is 2. The highest BCUT2D eigenvalue weighted by Gasteiger charge is 2.47.